The maximum Gasteiger partial charge on any atom is 0.306 e. The number of fused-ring (bicyclic) bond motifs is 5. The SMILES string of the molecule is CCCCC(=O)OC1CC[C@H]2[C@@H]3CCC4CC(=O)CC[C@]4(C)[C@H]3CC[C@]12C. The summed E-state index contributed by atoms with van der Waals surface area (Å²) in [6.07, 6.45) is 12.7. The molecule has 0 aromatic rings. The summed E-state index contributed by atoms with van der Waals surface area (Å²) in [6.45, 7) is 7.04. The van der Waals surface area contributed by atoms with E-state index in [0.29, 0.717) is 29.5 Å². The highest BCUT2D eigenvalue weighted by Crippen LogP contribution is 2.66. The Labute approximate surface area is 165 Å². The van der Waals surface area contributed by atoms with E-state index < -0.39 is 0 Å². The zero-order chi connectivity index (χ0) is 19.2. The summed E-state index contributed by atoms with van der Waals surface area (Å²) in [5.74, 6) is 3.39. The van der Waals surface area contributed by atoms with Crippen LogP contribution in [0.25, 0.3) is 0 Å². The monoisotopic (exact) mass is 374 g/mol. The summed E-state index contributed by atoms with van der Waals surface area (Å²) in [5, 5.41) is 0. The Morgan fingerprint density at radius 2 is 1.81 bits per heavy atom. The van der Waals surface area contributed by atoms with Crippen LogP contribution in [-0.2, 0) is 14.3 Å². The first-order chi connectivity index (χ1) is 12.9. The standard InChI is InChI=1S/C24H38O3/c1-4-5-6-22(26)27-21-10-9-19-18-8-7-16-15-17(25)11-13-23(16,2)20(18)12-14-24(19,21)3/h16,18-21H,4-15H2,1-3H3/t16?,18-,19-,20-,21?,23-,24-/m0/s1. The van der Waals surface area contributed by atoms with Crippen LogP contribution in [-0.4, -0.2) is 17.9 Å². The summed E-state index contributed by atoms with van der Waals surface area (Å²) in [6, 6.07) is 0. The molecule has 4 saturated carbocycles. The number of ketones is 1. The third-order valence-corrected chi connectivity index (χ3v) is 9.40. The van der Waals surface area contributed by atoms with Gasteiger partial charge in [0.1, 0.15) is 11.9 Å². The molecule has 0 N–H and O–H groups in total. The zero-order valence-corrected chi connectivity index (χ0v) is 17.6. The molecule has 0 aliphatic heterocycles. The largest absolute Gasteiger partial charge is 0.462 e. The van der Waals surface area contributed by atoms with Crippen LogP contribution in [0.3, 0.4) is 0 Å². The van der Waals surface area contributed by atoms with Crippen molar-refractivity contribution in [3.63, 3.8) is 0 Å². The van der Waals surface area contributed by atoms with Gasteiger partial charge in [0.25, 0.3) is 0 Å². The molecule has 0 heterocycles. The van der Waals surface area contributed by atoms with Crippen LogP contribution in [0.1, 0.15) is 97.8 Å². The summed E-state index contributed by atoms with van der Waals surface area (Å²) in [7, 11) is 0. The van der Waals surface area contributed by atoms with Gasteiger partial charge in [-0.15, -0.1) is 0 Å². The van der Waals surface area contributed by atoms with Crippen molar-refractivity contribution in [3.8, 4) is 0 Å². The molecule has 3 nitrogen and oxygen atoms in total. The van der Waals surface area contributed by atoms with Gasteiger partial charge in [-0.3, -0.25) is 9.59 Å². The van der Waals surface area contributed by atoms with E-state index in [4.69, 9.17) is 4.74 Å². The summed E-state index contributed by atoms with van der Waals surface area (Å²) < 4.78 is 6.03. The van der Waals surface area contributed by atoms with E-state index in [2.05, 4.69) is 20.8 Å². The minimum absolute atomic E-state index is 0.0207. The maximum absolute atomic E-state index is 12.3. The fraction of sp³-hybridized carbons (Fsp3) is 0.917. The first-order valence-electron chi connectivity index (χ1n) is 11.6. The molecule has 0 radical (unpaired) electrons. The zero-order valence-electron chi connectivity index (χ0n) is 17.6. The van der Waals surface area contributed by atoms with E-state index >= 15 is 0 Å². The van der Waals surface area contributed by atoms with Gasteiger partial charge in [0.2, 0.25) is 0 Å². The van der Waals surface area contributed by atoms with Gasteiger partial charge in [-0.25, -0.2) is 0 Å². The predicted octanol–water partition coefficient (Wildman–Crippen LogP) is 5.70. The highest BCUT2D eigenvalue weighted by Gasteiger charge is 2.61. The van der Waals surface area contributed by atoms with Crippen molar-refractivity contribution in [3.05, 3.63) is 0 Å². The second kappa shape index (κ2) is 7.19. The fourth-order valence-electron chi connectivity index (χ4n) is 7.73. The molecule has 0 aromatic heterocycles. The summed E-state index contributed by atoms with van der Waals surface area (Å²) in [4.78, 5) is 24.3. The minimum Gasteiger partial charge on any atom is -0.462 e. The van der Waals surface area contributed by atoms with E-state index in [9.17, 15) is 9.59 Å². The first-order valence-corrected chi connectivity index (χ1v) is 11.6. The number of hydrogen-bond acceptors (Lipinski definition) is 3. The molecule has 152 valence electrons. The van der Waals surface area contributed by atoms with Gasteiger partial charge in [0.05, 0.1) is 0 Å². The average Bonchev–Trinajstić information content (AvgIpc) is 2.97. The van der Waals surface area contributed by atoms with Crippen molar-refractivity contribution in [2.75, 3.05) is 0 Å². The highest BCUT2D eigenvalue weighted by atomic mass is 16.5. The Hall–Kier alpha value is -0.860. The number of carbonyl (C=O) groups is 2. The third-order valence-electron chi connectivity index (χ3n) is 9.40. The Morgan fingerprint density at radius 3 is 2.59 bits per heavy atom. The molecule has 27 heavy (non-hydrogen) atoms. The van der Waals surface area contributed by atoms with E-state index in [0.717, 1.165) is 50.4 Å². The molecular weight excluding hydrogens is 336 g/mol. The van der Waals surface area contributed by atoms with Crippen LogP contribution in [0, 0.1) is 34.5 Å². The third kappa shape index (κ3) is 3.17. The Kier molecular flexibility index (Phi) is 5.18. The van der Waals surface area contributed by atoms with E-state index in [1.807, 2.05) is 0 Å². The van der Waals surface area contributed by atoms with Crippen molar-refractivity contribution < 1.29 is 14.3 Å². The van der Waals surface area contributed by atoms with Crippen LogP contribution in [0.5, 0.6) is 0 Å². The molecule has 0 aromatic carbocycles. The molecule has 4 rings (SSSR count). The molecule has 4 aliphatic rings. The molecule has 0 saturated heterocycles. The molecule has 0 bridgehead atoms. The molecular formula is C24H38O3. The van der Waals surface area contributed by atoms with Crippen molar-refractivity contribution >= 4 is 11.8 Å². The second-order valence-electron chi connectivity index (χ2n) is 10.6. The van der Waals surface area contributed by atoms with Gasteiger partial charge < -0.3 is 4.74 Å². The lowest BCUT2D eigenvalue weighted by molar-refractivity contribution is -0.164. The van der Waals surface area contributed by atoms with Crippen molar-refractivity contribution in [1.29, 1.82) is 0 Å². The molecule has 0 amide bonds. The molecule has 4 fully saturated rings. The Balaban J connectivity index is 1.49. The van der Waals surface area contributed by atoms with Gasteiger partial charge in [-0.1, -0.05) is 27.2 Å². The number of hydrogen-bond donors (Lipinski definition) is 0. The van der Waals surface area contributed by atoms with Gasteiger partial charge in [0.15, 0.2) is 0 Å². The quantitative estimate of drug-likeness (QED) is 0.593. The van der Waals surface area contributed by atoms with Crippen LogP contribution < -0.4 is 0 Å². The molecule has 3 heteroatoms. The lowest BCUT2D eigenvalue weighted by atomic mass is 9.45. The number of Topliss-reactive ketones (excluding diaryl/α,β-unsaturated/α-hetero) is 1. The number of unbranched alkanes of at least 4 members (excludes halogenated alkanes) is 1. The topological polar surface area (TPSA) is 43.4 Å². The molecule has 7 atom stereocenters. The average molecular weight is 375 g/mol. The van der Waals surface area contributed by atoms with Gasteiger partial charge in [-0.05, 0) is 80.5 Å². The Morgan fingerprint density at radius 1 is 1.04 bits per heavy atom. The maximum atomic E-state index is 12.3. The van der Waals surface area contributed by atoms with Crippen molar-refractivity contribution in [2.24, 2.45) is 34.5 Å². The number of ether oxygens (including phenoxy) is 1. The summed E-state index contributed by atoms with van der Waals surface area (Å²) >= 11 is 0. The van der Waals surface area contributed by atoms with Gasteiger partial charge in [0, 0.05) is 24.7 Å². The van der Waals surface area contributed by atoms with Crippen LogP contribution in [0.4, 0.5) is 0 Å². The predicted molar refractivity (Wildman–Crippen MR) is 106 cm³/mol. The number of esters is 1. The lowest BCUT2D eigenvalue weighted by Gasteiger charge is -2.60. The smallest absolute Gasteiger partial charge is 0.306 e. The van der Waals surface area contributed by atoms with Gasteiger partial charge >= 0.3 is 5.97 Å². The molecule has 0 spiro atoms. The Bertz CT molecular complexity index is 598. The number of rotatable bonds is 4. The van der Waals surface area contributed by atoms with Crippen LogP contribution in [0.2, 0.25) is 0 Å². The fourth-order valence-corrected chi connectivity index (χ4v) is 7.73. The normalized spacial score (nSPS) is 46.3. The second-order valence-corrected chi connectivity index (χ2v) is 10.6. The minimum atomic E-state index is 0.0207. The van der Waals surface area contributed by atoms with Crippen LogP contribution >= 0.6 is 0 Å². The van der Waals surface area contributed by atoms with E-state index in [1.165, 1.54) is 32.1 Å². The van der Waals surface area contributed by atoms with E-state index in [-0.39, 0.29) is 17.5 Å². The van der Waals surface area contributed by atoms with Gasteiger partial charge in [-0.2, -0.15) is 0 Å². The molecule has 4 aliphatic carbocycles. The van der Waals surface area contributed by atoms with Crippen molar-refractivity contribution in [1.82, 2.24) is 0 Å². The summed E-state index contributed by atoms with van der Waals surface area (Å²) in [5.41, 5.74) is 0.546. The first kappa shape index (κ1) is 19.5. The number of carbonyl (C=O) groups excluding carboxylic acids is 2. The molecule has 2 unspecified atom stereocenters. The lowest BCUT2D eigenvalue weighted by Crippen LogP contribution is -2.54. The van der Waals surface area contributed by atoms with E-state index in [1.54, 1.807) is 0 Å². The van der Waals surface area contributed by atoms with Crippen LogP contribution in [0.15, 0.2) is 0 Å². The highest BCUT2D eigenvalue weighted by molar-refractivity contribution is 5.79. The van der Waals surface area contributed by atoms with Crippen molar-refractivity contribution in [2.45, 2.75) is 104 Å².